The van der Waals surface area contributed by atoms with Gasteiger partial charge in [-0.15, -0.1) is 0 Å². The summed E-state index contributed by atoms with van der Waals surface area (Å²) in [5.74, 6) is 0. The van der Waals surface area contributed by atoms with E-state index in [-0.39, 0.29) is 51.4 Å². The average Bonchev–Trinajstić information content (AvgIpc) is 2.52. The minimum absolute atomic E-state index is 0. The molecule has 0 aromatic carbocycles. The Balaban J connectivity index is 0. The standard InChI is InChI=1S/C19H40O4S.K/c1-3-5-7-8-9-10-11-12-13-14-18(20)16-17-19(15-6-4-2)24(21,22)23;/h18-20H,3-17H2,1-2H3,(H,21,22,23);/q;+1/p-1. The molecule has 0 saturated heterocycles. The fourth-order valence-electron chi connectivity index (χ4n) is 3.08. The van der Waals surface area contributed by atoms with Crippen LogP contribution in [-0.2, 0) is 10.1 Å². The second-order valence-corrected chi connectivity index (χ2v) is 8.76. The summed E-state index contributed by atoms with van der Waals surface area (Å²) in [5, 5.41) is 9.17. The first-order valence-corrected chi connectivity index (χ1v) is 11.5. The van der Waals surface area contributed by atoms with E-state index in [0.717, 1.165) is 32.1 Å². The van der Waals surface area contributed by atoms with E-state index in [1.54, 1.807) is 0 Å². The van der Waals surface area contributed by atoms with Gasteiger partial charge in [0.05, 0.1) is 16.2 Å². The molecule has 146 valence electrons. The van der Waals surface area contributed by atoms with Gasteiger partial charge in [0.1, 0.15) is 0 Å². The van der Waals surface area contributed by atoms with Crippen LogP contribution in [0.3, 0.4) is 0 Å². The van der Waals surface area contributed by atoms with Crippen molar-refractivity contribution in [3.8, 4) is 0 Å². The molecule has 0 fully saturated rings. The fourth-order valence-corrected chi connectivity index (χ4v) is 3.96. The van der Waals surface area contributed by atoms with E-state index in [4.69, 9.17) is 0 Å². The average molecular weight is 403 g/mol. The molecule has 4 nitrogen and oxygen atoms in total. The van der Waals surface area contributed by atoms with Crippen molar-refractivity contribution < 1.29 is 69.5 Å². The van der Waals surface area contributed by atoms with E-state index < -0.39 is 21.5 Å². The molecule has 0 radical (unpaired) electrons. The van der Waals surface area contributed by atoms with Gasteiger partial charge in [-0.3, -0.25) is 0 Å². The summed E-state index contributed by atoms with van der Waals surface area (Å²) in [6.07, 6.45) is 14.2. The first-order valence-electron chi connectivity index (χ1n) is 10.0. The maximum absolute atomic E-state index is 11.2. The maximum Gasteiger partial charge on any atom is 1.00 e. The van der Waals surface area contributed by atoms with E-state index in [2.05, 4.69) is 6.92 Å². The van der Waals surface area contributed by atoms with Crippen molar-refractivity contribution >= 4 is 10.1 Å². The third-order valence-electron chi connectivity index (χ3n) is 4.75. The van der Waals surface area contributed by atoms with Crippen LogP contribution in [0.25, 0.3) is 0 Å². The minimum Gasteiger partial charge on any atom is -0.748 e. The summed E-state index contributed by atoms with van der Waals surface area (Å²) < 4.78 is 33.7. The molecule has 0 aromatic heterocycles. The Kier molecular flexibility index (Phi) is 21.7. The van der Waals surface area contributed by atoms with E-state index in [1.807, 2.05) is 6.92 Å². The molecule has 0 saturated carbocycles. The van der Waals surface area contributed by atoms with Gasteiger partial charge in [-0.25, -0.2) is 8.42 Å². The number of unbranched alkanes of at least 4 members (excludes halogenated alkanes) is 9. The summed E-state index contributed by atoms with van der Waals surface area (Å²) >= 11 is 0. The molecule has 1 N–H and O–H groups in total. The smallest absolute Gasteiger partial charge is 0.748 e. The third kappa shape index (κ3) is 18.6. The predicted octanol–water partition coefficient (Wildman–Crippen LogP) is 2.16. The van der Waals surface area contributed by atoms with Crippen molar-refractivity contribution in [3.05, 3.63) is 0 Å². The Hall–Kier alpha value is 1.51. The summed E-state index contributed by atoms with van der Waals surface area (Å²) in [6.45, 7) is 4.21. The topological polar surface area (TPSA) is 77.4 Å². The molecule has 2 atom stereocenters. The molecular formula is C19H39KO4S. The minimum atomic E-state index is -4.24. The van der Waals surface area contributed by atoms with Gasteiger partial charge in [-0.2, -0.15) is 0 Å². The van der Waals surface area contributed by atoms with Gasteiger partial charge in [0.25, 0.3) is 0 Å². The van der Waals surface area contributed by atoms with Gasteiger partial charge in [-0.1, -0.05) is 84.5 Å². The molecule has 0 amide bonds. The summed E-state index contributed by atoms with van der Waals surface area (Å²) in [6, 6.07) is 0. The van der Waals surface area contributed by atoms with E-state index in [9.17, 15) is 18.1 Å². The molecule has 0 spiro atoms. The van der Waals surface area contributed by atoms with Crippen LogP contribution in [0.4, 0.5) is 0 Å². The Morgan fingerprint density at radius 3 is 1.68 bits per heavy atom. The zero-order valence-corrected chi connectivity index (χ0v) is 20.8. The number of rotatable bonds is 17. The molecular weight excluding hydrogens is 363 g/mol. The largest absolute Gasteiger partial charge is 1.00 e. The molecule has 0 heterocycles. The molecule has 0 aliphatic heterocycles. The van der Waals surface area contributed by atoms with Crippen LogP contribution in [0.15, 0.2) is 0 Å². The van der Waals surface area contributed by atoms with Crippen LogP contribution < -0.4 is 51.4 Å². The quantitative estimate of drug-likeness (QED) is 0.230. The van der Waals surface area contributed by atoms with Crippen LogP contribution >= 0.6 is 0 Å². The molecule has 6 heteroatoms. The Bertz CT molecular complexity index is 374. The van der Waals surface area contributed by atoms with Crippen LogP contribution in [0, 0.1) is 0 Å². The van der Waals surface area contributed by atoms with Crippen molar-refractivity contribution in [2.24, 2.45) is 0 Å². The third-order valence-corrected chi connectivity index (χ3v) is 6.04. The number of hydrogen-bond acceptors (Lipinski definition) is 4. The van der Waals surface area contributed by atoms with E-state index >= 15 is 0 Å². The Morgan fingerprint density at radius 2 is 1.20 bits per heavy atom. The number of aliphatic hydroxyl groups is 1. The molecule has 0 aliphatic rings. The molecule has 2 unspecified atom stereocenters. The normalized spacial score (nSPS) is 14.1. The van der Waals surface area contributed by atoms with Crippen molar-refractivity contribution in [1.82, 2.24) is 0 Å². The first-order chi connectivity index (χ1) is 11.4. The second kappa shape index (κ2) is 18.9. The zero-order valence-electron chi connectivity index (χ0n) is 16.8. The van der Waals surface area contributed by atoms with Crippen LogP contribution in [0.1, 0.15) is 110 Å². The van der Waals surface area contributed by atoms with Crippen LogP contribution in [0.2, 0.25) is 0 Å². The van der Waals surface area contributed by atoms with E-state index in [1.165, 1.54) is 44.9 Å². The maximum atomic E-state index is 11.2. The van der Waals surface area contributed by atoms with E-state index in [0.29, 0.717) is 19.3 Å². The van der Waals surface area contributed by atoms with Crippen LogP contribution in [-0.4, -0.2) is 29.4 Å². The van der Waals surface area contributed by atoms with Gasteiger partial charge in [0.15, 0.2) is 0 Å². The molecule has 0 bridgehead atoms. The zero-order chi connectivity index (χ0) is 18.3. The Morgan fingerprint density at radius 1 is 0.720 bits per heavy atom. The van der Waals surface area contributed by atoms with Crippen molar-refractivity contribution in [3.63, 3.8) is 0 Å². The summed E-state index contributed by atoms with van der Waals surface area (Å²) in [4.78, 5) is 0. The summed E-state index contributed by atoms with van der Waals surface area (Å²) in [5.41, 5.74) is 0. The van der Waals surface area contributed by atoms with Gasteiger partial charge < -0.3 is 9.66 Å². The molecule has 0 aliphatic carbocycles. The van der Waals surface area contributed by atoms with Gasteiger partial charge >= 0.3 is 51.4 Å². The van der Waals surface area contributed by atoms with Crippen molar-refractivity contribution in [2.75, 3.05) is 0 Å². The van der Waals surface area contributed by atoms with Crippen LogP contribution in [0.5, 0.6) is 0 Å². The van der Waals surface area contributed by atoms with Gasteiger partial charge in [0, 0.05) is 5.25 Å². The van der Waals surface area contributed by atoms with Crippen molar-refractivity contribution in [2.45, 2.75) is 122 Å². The van der Waals surface area contributed by atoms with Gasteiger partial charge in [0.2, 0.25) is 0 Å². The van der Waals surface area contributed by atoms with Crippen molar-refractivity contribution in [1.29, 1.82) is 0 Å². The Labute approximate surface area is 199 Å². The second-order valence-electron chi connectivity index (χ2n) is 7.11. The predicted molar refractivity (Wildman–Crippen MR) is 100 cm³/mol. The fraction of sp³-hybridized carbons (Fsp3) is 1.00. The number of hydrogen-bond donors (Lipinski definition) is 1. The number of aliphatic hydroxyl groups excluding tert-OH is 1. The first kappa shape index (κ1) is 28.7. The monoisotopic (exact) mass is 402 g/mol. The summed E-state index contributed by atoms with van der Waals surface area (Å²) in [7, 11) is -4.24. The SMILES string of the molecule is CCCCCCCCCCCC(O)CCC(CCCC)S(=O)(=O)[O-].[K+]. The molecule has 25 heavy (non-hydrogen) atoms. The molecule has 0 rings (SSSR count). The molecule has 0 aromatic rings. The van der Waals surface area contributed by atoms with Gasteiger partial charge in [-0.05, 0) is 25.7 Å².